The molecule has 0 N–H and O–H groups in total. The molecular weight excluding hydrogens is 354 g/mol. The van der Waals surface area contributed by atoms with Gasteiger partial charge in [-0.3, -0.25) is 4.79 Å². The highest BCUT2D eigenvalue weighted by Gasteiger charge is 2.34. The number of ether oxygens (including phenoxy) is 1. The molecule has 1 aliphatic rings. The third kappa shape index (κ3) is 4.73. The van der Waals surface area contributed by atoms with Crippen LogP contribution in [0.3, 0.4) is 0 Å². The van der Waals surface area contributed by atoms with Crippen molar-refractivity contribution in [3.63, 3.8) is 0 Å². The van der Waals surface area contributed by atoms with Crippen molar-refractivity contribution in [3.05, 3.63) is 35.9 Å². The molecule has 1 amide bonds. The molecule has 1 saturated carbocycles. The van der Waals surface area contributed by atoms with Crippen LogP contribution in [0.2, 0.25) is 0 Å². The fraction of sp³-hybridized carbons (Fsp3) is 0.545. The van der Waals surface area contributed by atoms with Gasteiger partial charge in [-0.15, -0.1) is 0 Å². The molecule has 0 spiro atoms. The highest BCUT2D eigenvalue weighted by molar-refractivity contribution is 5.81. The van der Waals surface area contributed by atoms with Crippen LogP contribution in [0, 0.1) is 5.92 Å². The van der Waals surface area contributed by atoms with E-state index in [-0.39, 0.29) is 17.9 Å². The van der Waals surface area contributed by atoms with Crippen molar-refractivity contribution in [2.45, 2.75) is 45.7 Å². The molecule has 1 aromatic carbocycles. The molecule has 6 nitrogen and oxygen atoms in total. The Labute approximate surface area is 167 Å². The molecular formula is C22H31N3O3. The molecule has 0 atom stereocenters. The van der Waals surface area contributed by atoms with Gasteiger partial charge in [0.25, 0.3) is 0 Å². The third-order valence-electron chi connectivity index (χ3n) is 5.27. The predicted molar refractivity (Wildman–Crippen MR) is 110 cm³/mol. The summed E-state index contributed by atoms with van der Waals surface area (Å²) in [5.41, 5.74) is 2.78. The summed E-state index contributed by atoms with van der Waals surface area (Å²) in [5.74, 6) is 1.14. The first-order chi connectivity index (χ1) is 13.5. The van der Waals surface area contributed by atoms with Crippen LogP contribution in [0.1, 0.15) is 38.7 Å². The van der Waals surface area contributed by atoms with Crippen molar-refractivity contribution >= 4 is 11.8 Å². The molecule has 0 unspecified atom stereocenters. The van der Waals surface area contributed by atoms with E-state index in [2.05, 4.69) is 23.9 Å². The number of carbonyl (C=O) groups excluding carboxylic acids is 1. The van der Waals surface area contributed by atoms with E-state index in [4.69, 9.17) is 9.26 Å². The highest BCUT2D eigenvalue weighted by atomic mass is 16.5. The van der Waals surface area contributed by atoms with Crippen molar-refractivity contribution in [1.29, 1.82) is 0 Å². The zero-order valence-electron chi connectivity index (χ0n) is 17.4. The van der Waals surface area contributed by atoms with Gasteiger partial charge in [0, 0.05) is 44.8 Å². The van der Waals surface area contributed by atoms with Crippen LogP contribution >= 0.6 is 0 Å². The van der Waals surface area contributed by atoms with E-state index >= 15 is 0 Å². The second kappa shape index (κ2) is 9.24. The number of hydrogen-bond acceptors (Lipinski definition) is 5. The first-order valence-electron chi connectivity index (χ1n) is 10.1. The summed E-state index contributed by atoms with van der Waals surface area (Å²) in [6, 6.07) is 10.3. The van der Waals surface area contributed by atoms with Gasteiger partial charge in [0.15, 0.2) is 0 Å². The van der Waals surface area contributed by atoms with E-state index in [1.165, 1.54) is 0 Å². The van der Waals surface area contributed by atoms with E-state index in [0.29, 0.717) is 19.7 Å². The summed E-state index contributed by atoms with van der Waals surface area (Å²) in [6.45, 7) is 6.04. The standard InChI is InChI=1S/C22H31N3O3/c1-16(2)24(3)22-19(20(23-28-22)17-9-6-5-7-10-17)15-25(13-8-14-27-4)21(26)18-11-12-18/h5-7,9-10,16,18H,8,11-15H2,1-4H3. The summed E-state index contributed by atoms with van der Waals surface area (Å²) in [4.78, 5) is 16.9. The number of anilines is 1. The summed E-state index contributed by atoms with van der Waals surface area (Å²) >= 11 is 0. The van der Waals surface area contributed by atoms with Gasteiger partial charge in [0.2, 0.25) is 11.8 Å². The molecule has 152 valence electrons. The summed E-state index contributed by atoms with van der Waals surface area (Å²) in [6.07, 6.45) is 2.80. The van der Waals surface area contributed by atoms with Gasteiger partial charge >= 0.3 is 0 Å². The van der Waals surface area contributed by atoms with Crippen LogP contribution in [0.25, 0.3) is 11.3 Å². The number of carbonyl (C=O) groups is 1. The molecule has 1 aromatic heterocycles. The largest absolute Gasteiger partial charge is 0.385 e. The minimum atomic E-state index is 0.175. The number of nitrogens with zero attached hydrogens (tertiary/aromatic N) is 3. The number of rotatable bonds is 10. The lowest BCUT2D eigenvalue weighted by molar-refractivity contribution is -0.133. The maximum atomic E-state index is 12.9. The van der Waals surface area contributed by atoms with E-state index in [1.807, 2.05) is 42.3 Å². The third-order valence-corrected chi connectivity index (χ3v) is 5.27. The highest BCUT2D eigenvalue weighted by Crippen LogP contribution is 2.35. The lowest BCUT2D eigenvalue weighted by Gasteiger charge is -2.26. The summed E-state index contributed by atoms with van der Waals surface area (Å²) in [5, 5.41) is 4.38. The fourth-order valence-corrected chi connectivity index (χ4v) is 3.22. The Morgan fingerprint density at radius 1 is 1.29 bits per heavy atom. The SMILES string of the molecule is COCCCN(Cc1c(-c2ccccc2)noc1N(C)C(C)C)C(=O)C1CC1. The summed E-state index contributed by atoms with van der Waals surface area (Å²) in [7, 11) is 3.69. The zero-order chi connectivity index (χ0) is 20.1. The number of methoxy groups -OCH3 is 1. The molecule has 1 heterocycles. The quantitative estimate of drug-likeness (QED) is 0.580. The van der Waals surface area contributed by atoms with Crippen LogP contribution in [0.4, 0.5) is 5.88 Å². The van der Waals surface area contributed by atoms with Crippen LogP contribution in [-0.4, -0.2) is 49.3 Å². The lowest BCUT2D eigenvalue weighted by atomic mass is 10.1. The first kappa shape index (κ1) is 20.4. The van der Waals surface area contributed by atoms with Gasteiger partial charge in [-0.25, -0.2) is 0 Å². The Morgan fingerprint density at radius 2 is 2.00 bits per heavy atom. The van der Waals surface area contributed by atoms with Crippen molar-refractivity contribution in [1.82, 2.24) is 10.1 Å². The van der Waals surface area contributed by atoms with Crippen LogP contribution < -0.4 is 4.90 Å². The van der Waals surface area contributed by atoms with Crippen molar-refractivity contribution < 1.29 is 14.1 Å². The van der Waals surface area contributed by atoms with Crippen molar-refractivity contribution in [2.75, 3.05) is 32.2 Å². The molecule has 2 aromatic rings. The average molecular weight is 386 g/mol. The van der Waals surface area contributed by atoms with Crippen molar-refractivity contribution in [2.24, 2.45) is 5.92 Å². The Hall–Kier alpha value is -2.34. The monoisotopic (exact) mass is 385 g/mol. The second-order valence-corrected chi connectivity index (χ2v) is 7.77. The first-order valence-corrected chi connectivity index (χ1v) is 10.1. The Morgan fingerprint density at radius 3 is 2.61 bits per heavy atom. The smallest absolute Gasteiger partial charge is 0.232 e. The topological polar surface area (TPSA) is 58.8 Å². The molecule has 1 fully saturated rings. The average Bonchev–Trinajstić information content (AvgIpc) is 3.47. The molecule has 0 aliphatic heterocycles. The predicted octanol–water partition coefficient (Wildman–Crippen LogP) is 3.96. The van der Waals surface area contributed by atoms with Crippen LogP contribution in [-0.2, 0) is 16.1 Å². The van der Waals surface area contributed by atoms with E-state index in [9.17, 15) is 4.79 Å². The number of hydrogen-bond donors (Lipinski definition) is 0. The number of aromatic nitrogens is 1. The van der Waals surface area contributed by atoms with E-state index < -0.39 is 0 Å². The molecule has 1 aliphatic carbocycles. The molecule has 0 saturated heterocycles. The lowest BCUT2D eigenvalue weighted by Crippen LogP contribution is -2.34. The molecule has 3 rings (SSSR count). The van der Waals surface area contributed by atoms with E-state index in [0.717, 1.165) is 42.0 Å². The van der Waals surface area contributed by atoms with Crippen molar-refractivity contribution in [3.8, 4) is 11.3 Å². The fourth-order valence-electron chi connectivity index (χ4n) is 3.22. The van der Waals surface area contributed by atoms with E-state index in [1.54, 1.807) is 7.11 Å². The minimum absolute atomic E-state index is 0.175. The molecule has 0 bridgehead atoms. The maximum Gasteiger partial charge on any atom is 0.232 e. The van der Waals surface area contributed by atoms with Gasteiger partial charge in [-0.05, 0) is 33.1 Å². The number of amides is 1. The Kier molecular flexibility index (Phi) is 6.73. The van der Waals surface area contributed by atoms with Gasteiger partial charge in [0.1, 0.15) is 5.69 Å². The molecule has 28 heavy (non-hydrogen) atoms. The van der Waals surface area contributed by atoms with Gasteiger partial charge in [-0.1, -0.05) is 35.5 Å². The van der Waals surface area contributed by atoms with Gasteiger partial charge < -0.3 is 19.1 Å². The van der Waals surface area contributed by atoms with Crippen LogP contribution in [0.15, 0.2) is 34.9 Å². The molecule has 6 heteroatoms. The zero-order valence-corrected chi connectivity index (χ0v) is 17.4. The molecule has 0 radical (unpaired) electrons. The summed E-state index contributed by atoms with van der Waals surface area (Å²) < 4.78 is 11.0. The maximum absolute atomic E-state index is 12.9. The van der Waals surface area contributed by atoms with Gasteiger partial charge in [-0.2, -0.15) is 0 Å². The Balaban J connectivity index is 1.93. The van der Waals surface area contributed by atoms with Crippen LogP contribution in [0.5, 0.6) is 0 Å². The minimum Gasteiger partial charge on any atom is -0.385 e. The second-order valence-electron chi connectivity index (χ2n) is 7.77. The number of benzene rings is 1. The normalized spacial score (nSPS) is 13.8. The van der Waals surface area contributed by atoms with Gasteiger partial charge in [0.05, 0.1) is 12.1 Å². The Bertz CT molecular complexity index is 769.